The van der Waals surface area contributed by atoms with E-state index < -0.39 is 5.97 Å². The Hall–Kier alpha value is -1.65. The zero-order valence-corrected chi connectivity index (χ0v) is 11.5. The molecule has 0 atom stereocenters. The van der Waals surface area contributed by atoms with E-state index in [2.05, 4.69) is 9.72 Å². The molecule has 0 radical (unpaired) electrons. The lowest BCUT2D eigenvalue weighted by atomic mass is 10.1. The minimum Gasteiger partial charge on any atom is -0.465 e. The quantitative estimate of drug-likeness (QED) is 0.808. The van der Waals surface area contributed by atoms with Gasteiger partial charge in [-0.25, -0.2) is 4.79 Å². The van der Waals surface area contributed by atoms with Gasteiger partial charge >= 0.3 is 5.97 Å². The molecule has 0 bridgehead atoms. The molecule has 1 aromatic heterocycles. The zero-order valence-electron chi connectivity index (χ0n) is 10.8. The van der Waals surface area contributed by atoms with Gasteiger partial charge in [0.1, 0.15) is 0 Å². The van der Waals surface area contributed by atoms with E-state index in [-0.39, 0.29) is 5.56 Å². The predicted molar refractivity (Wildman–Crippen MR) is 73.7 cm³/mol. The van der Waals surface area contributed by atoms with Gasteiger partial charge in [0.25, 0.3) is 0 Å². The molecule has 2 aromatic rings. The van der Waals surface area contributed by atoms with Crippen molar-refractivity contribution in [2.24, 2.45) is 0 Å². The number of ether oxygens (including phenoxy) is 2. The molecule has 0 aliphatic heterocycles. The molecule has 0 saturated heterocycles. The number of esters is 1. The first kappa shape index (κ1) is 13.8. The van der Waals surface area contributed by atoms with Gasteiger partial charge < -0.3 is 9.47 Å². The minimum absolute atomic E-state index is 0.278. The number of hydrogen-bond acceptors (Lipinski definition) is 4. The first-order valence-electron chi connectivity index (χ1n) is 5.82. The average Bonchev–Trinajstić information content (AvgIpc) is 2.45. The summed E-state index contributed by atoms with van der Waals surface area (Å²) in [6.45, 7) is 0.608. The molecule has 0 amide bonds. The normalized spacial score (nSPS) is 10.7. The van der Waals surface area contributed by atoms with Crippen molar-refractivity contribution < 1.29 is 14.3 Å². The van der Waals surface area contributed by atoms with Crippen molar-refractivity contribution in [3.05, 3.63) is 40.5 Å². The van der Waals surface area contributed by atoms with Crippen LogP contribution in [-0.4, -0.2) is 31.8 Å². The molecule has 0 unspecified atom stereocenters. The molecular formula is C14H14ClNO3. The molecule has 2 rings (SSSR count). The Balaban J connectivity index is 2.55. The fourth-order valence-corrected chi connectivity index (χ4v) is 2.20. The number of aromatic nitrogens is 1. The first-order chi connectivity index (χ1) is 9.19. The van der Waals surface area contributed by atoms with E-state index in [1.807, 2.05) is 18.2 Å². The molecule has 0 aliphatic rings. The van der Waals surface area contributed by atoms with E-state index in [0.717, 1.165) is 22.9 Å². The molecule has 0 aliphatic carbocycles. The Labute approximate surface area is 116 Å². The van der Waals surface area contributed by atoms with Gasteiger partial charge in [-0.3, -0.25) is 4.98 Å². The zero-order chi connectivity index (χ0) is 13.8. The van der Waals surface area contributed by atoms with Crippen LogP contribution in [0.3, 0.4) is 0 Å². The second kappa shape index (κ2) is 5.99. The van der Waals surface area contributed by atoms with E-state index in [4.69, 9.17) is 16.3 Å². The summed E-state index contributed by atoms with van der Waals surface area (Å²) in [5, 5.41) is 1.12. The molecular weight excluding hydrogens is 266 g/mol. The SMILES string of the molecule is COCCc1cccc2c(Cl)c(C(=O)OC)cnc12. The monoisotopic (exact) mass is 279 g/mol. The number of rotatable bonds is 4. The summed E-state index contributed by atoms with van der Waals surface area (Å²) in [6, 6.07) is 5.71. The second-order valence-corrected chi connectivity index (χ2v) is 4.41. The smallest absolute Gasteiger partial charge is 0.340 e. The van der Waals surface area contributed by atoms with Gasteiger partial charge in [0, 0.05) is 18.7 Å². The van der Waals surface area contributed by atoms with Crippen LogP contribution in [0, 0.1) is 0 Å². The summed E-state index contributed by atoms with van der Waals surface area (Å²) in [7, 11) is 2.97. The van der Waals surface area contributed by atoms with Crippen molar-refractivity contribution in [1.29, 1.82) is 0 Å². The van der Waals surface area contributed by atoms with E-state index in [0.29, 0.717) is 11.6 Å². The maximum Gasteiger partial charge on any atom is 0.340 e. The van der Waals surface area contributed by atoms with Gasteiger partial charge in [-0.1, -0.05) is 29.8 Å². The fourth-order valence-electron chi connectivity index (χ4n) is 1.92. The van der Waals surface area contributed by atoms with Crippen LogP contribution in [0.25, 0.3) is 10.9 Å². The van der Waals surface area contributed by atoms with E-state index in [9.17, 15) is 4.79 Å². The van der Waals surface area contributed by atoms with Crippen molar-refractivity contribution in [1.82, 2.24) is 4.98 Å². The van der Waals surface area contributed by atoms with Crippen molar-refractivity contribution in [3.63, 3.8) is 0 Å². The third-order valence-corrected chi connectivity index (χ3v) is 3.30. The highest BCUT2D eigenvalue weighted by Gasteiger charge is 2.15. The number of hydrogen-bond donors (Lipinski definition) is 0. The van der Waals surface area contributed by atoms with Crippen LogP contribution >= 0.6 is 11.6 Å². The number of carbonyl (C=O) groups is 1. The van der Waals surface area contributed by atoms with Crippen LogP contribution in [0.4, 0.5) is 0 Å². The van der Waals surface area contributed by atoms with Gasteiger partial charge in [0.15, 0.2) is 0 Å². The number of halogens is 1. The number of nitrogens with zero attached hydrogens (tertiary/aromatic N) is 1. The van der Waals surface area contributed by atoms with Gasteiger partial charge in [0.05, 0.1) is 29.8 Å². The second-order valence-electron chi connectivity index (χ2n) is 4.03. The molecule has 4 nitrogen and oxygen atoms in total. The highest BCUT2D eigenvalue weighted by molar-refractivity contribution is 6.38. The number of methoxy groups -OCH3 is 2. The molecule has 0 spiro atoms. The van der Waals surface area contributed by atoms with Gasteiger partial charge in [-0.15, -0.1) is 0 Å². The largest absolute Gasteiger partial charge is 0.465 e. The molecule has 1 aromatic carbocycles. The summed E-state index contributed by atoms with van der Waals surface area (Å²) >= 11 is 6.25. The Morgan fingerprint density at radius 1 is 1.37 bits per heavy atom. The van der Waals surface area contributed by atoms with Crippen LogP contribution in [0.15, 0.2) is 24.4 Å². The summed E-state index contributed by atoms with van der Waals surface area (Å²) in [5.41, 5.74) is 2.11. The first-order valence-corrected chi connectivity index (χ1v) is 6.20. The fraction of sp³-hybridized carbons (Fsp3) is 0.286. The highest BCUT2D eigenvalue weighted by Crippen LogP contribution is 2.28. The summed E-state index contributed by atoms with van der Waals surface area (Å²) in [4.78, 5) is 15.9. The average molecular weight is 280 g/mol. The van der Waals surface area contributed by atoms with Crippen LogP contribution in [-0.2, 0) is 15.9 Å². The van der Waals surface area contributed by atoms with Crippen molar-refractivity contribution in [2.45, 2.75) is 6.42 Å². The van der Waals surface area contributed by atoms with E-state index >= 15 is 0 Å². The van der Waals surface area contributed by atoms with Crippen LogP contribution in [0.2, 0.25) is 5.02 Å². The number of carbonyl (C=O) groups excluding carboxylic acids is 1. The number of pyridine rings is 1. The van der Waals surface area contributed by atoms with Crippen LogP contribution in [0.5, 0.6) is 0 Å². The van der Waals surface area contributed by atoms with Crippen LogP contribution < -0.4 is 0 Å². The lowest BCUT2D eigenvalue weighted by Gasteiger charge is -2.09. The van der Waals surface area contributed by atoms with E-state index in [1.54, 1.807) is 7.11 Å². The molecule has 5 heteroatoms. The molecule has 1 heterocycles. The summed E-state index contributed by atoms with van der Waals surface area (Å²) in [5.74, 6) is -0.485. The van der Waals surface area contributed by atoms with E-state index in [1.165, 1.54) is 13.3 Å². The van der Waals surface area contributed by atoms with Crippen molar-refractivity contribution in [2.75, 3.05) is 20.8 Å². The Kier molecular flexibility index (Phi) is 4.35. The summed E-state index contributed by atoms with van der Waals surface area (Å²) < 4.78 is 9.75. The molecule has 0 N–H and O–H groups in total. The maximum absolute atomic E-state index is 11.6. The molecule has 0 saturated carbocycles. The third-order valence-electron chi connectivity index (χ3n) is 2.90. The van der Waals surface area contributed by atoms with Gasteiger partial charge in [0.2, 0.25) is 0 Å². The lowest BCUT2D eigenvalue weighted by molar-refractivity contribution is 0.0600. The Bertz CT molecular complexity index is 613. The maximum atomic E-state index is 11.6. The predicted octanol–water partition coefficient (Wildman–Crippen LogP) is 2.86. The topological polar surface area (TPSA) is 48.4 Å². The lowest BCUT2D eigenvalue weighted by Crippen LogP contribution is -2.04. The summed E-state index contributed by atoms with van der Waals surface area (Å²) in [6.07, 6.45) is 2.20. The Morgan fingerprint density at radius 3 is 2.84 bits per heavy atom. The molecule has 0 fully saturated rings. The molecule has 100 valence electrons. The minimum atomic E-state index is -0.485. The van der Waals surface area contributed by atoms with Crippen molar-refractivity contribution >= 4 is 28.5 Å². The third kappa shape index (κ3) is 2.69. The standard InChI is InChI=1S/C14H14ClNO3/c1-18-7-6-9-4-3-5-10-12(15)11(14(17)19-2)8-16-13(9)10/h3-5,8H,6-7H2,1-2H3. The van der Waals surface area contributed by atoms with Gasteiger partial charge in [-0.05, 0) is 12.0 Å². The van der Waals surface area contributed by atoms with Gasteiger partial charge in [-0.2, -0.15) is 0 Å². The number of fused-ring (bicyclic) bond motifs is 1. The number of benzene rings is 1. The molecule has 19 heavy (non-hydrogen) atoms. The van der Waals surface area contributed by atoms with Crippen LogP contribution in [0.1, 0.15) is 15.9 Å². The van der Waals surface area contributed by atoms with Crippen molar-refractivity contribution in [3.8, 4) is 0 Å². The Morgan fingerprint density at radius 2 is 2.16 bits per heavy atom. The number of para-hydroxylation sites is 1. The highest BCUT2D eigenvalue weighted by atomic mass is 35.5.